The average Bonchev–Trinajstić information content (AvgIpc) is 3.42. The lowest BCUT2D eigenvalue weighted by atomic mass is 9.62. The van der Waals surface area contributed by atoms with E-state index in [1.54, 1.807) is 12.1 Å². The third-order valence-electron chi connectivity index (χ3n) is 8.28. The van der Waals surface area contributed by atoms with Crippen molar-refractivity contribution in [3.8, 4) is 6.07 Å². The predicted octanol–water partition coefficient (Wildman–Crippen LogP) is 7.65. The summed E-state index contributed by atoms with van der Waals surface area (Å²) < 4.78 is 43.0. The molecule has 2 aromatic rings. The zero-order valence-corrected chi connectivity index (χ0v) is 25.3. The van der Waals surface area contributed by atoms with Gasteiger partial charge < -0.3 is 14.8 Å². The van der Waals surface area contributed by atoms with Crippen LogP contribution in [0.2, 0.25) is 10.0 Å². The highest BCUT2D eigenvalue weighted by molar-refractivity contribution is 6.31. The Labute approximate surface area is 250 Å². The first kappa shape index (κ1) is 31.6. The topological polar surface area (TPSA) is 71.3 Å². The van der Waals surface area contributed by atoms with E-state index in [1.807, 2.05) is 27.7 Å². The number of ether oxygens (including phenoxy) is 2. The Morgan fingerprint density at radius 2 is 2.00 bits per heavy atom. The van der Waals surface area contributed by atoms with Gasteiger partial charge in [0.15, 0.2) is 5.79 Å². The first-order valence-electron chi connectivity index (χ1n) is 13.8. The Morgan fingerprint density at radius 1 is 1.27 bits per heavy atom. The molecule has 220 valence electrons. The van der Waals surface area contributed by atoms with Crippen molar-refractivity contribution in [3.05, 3.63) is 81.9 Å². The summed E-state index contributed by atoms with van der Waals surface area (Å²) in [6.07, 6.45) is 3.20. The number of ketones is 1. The van der Waals surface area contributed by atoms with Crippen LogP contribution in [0, 0.1) is 28.4 Å². The van der Waals surface area contributed by atoms with Gasteiger partial charge in [0, 0.05) is 29.0 Å². The van der Waals surface area contributed by atoms with Crippen molar-refractivity contribution >= 4 is 29.0 Å². The summed E-state index contributed by atoms with van der Waals surface area (Å²) in [5.74, 6) is -3.40. The van der Waals surface area contributed by atoms with Gasteiger partial charge in [-0.1, -0.05) is 61.3 Å². The number of allylic oxidation sites excluding steroid dienone is 1. The van der Waals surface area contributed by atoms with Crippen LogP contribution in [-0.4, -0.2) is 36.4 Å². The molecule has 0 unspecified atom stereocenters. The summed E-state index contributed by atoms with van der Waals surface area (Å²) in [5, 5.41) is 14.3. The Balaban J connectivity index is 1.80. The maximum Gasteiger partial charge on any atom is 0.163 e. The molecule has 5 nitrogen and oxygen atoms in total. The zero-order valence-electron chi connectivity index (χ0n) is 23.8. The van der Waals surface area contributed by atoms with Crippen molar-refractivity contribution in [2.24, 2.45) is 5.41 Å². The third kappa shape index (κ3) is 6.38. The van der Waals surface area contributed by atoms with E-state index in [0.717, 1.165) is 6.07 Å². The van der Waals surface area contributed by atoms with E-state index in [0.29, 0.717) is 25.9 Å². The lowest BCUT2D eigenvalue weighted by molar-refractivity contribution is -0.139. The van der Waals surface area contributed by atoms with Gasteiger partial charge in [-0.25, -0.2) is 8.78 Å². The Bertz CT molecular complexity index is 1360. The second-order valence-corrected chi connectivity index (χ2v) is 13.0. The molecule has 0 saturated carbocycles. The van der Waals surface area contributed by atoms with Gasteiger partial charge >= 0.3 is 0 Å². The molecule has 5 atom stereocenters. The molecule has 2 aliphatic rings. The number of halogens is 4. The maximum absolute atomic E-state index is 15.8. The molecule has 1 N–H and O–H groups in total. The molecule has 0 aromatic heterocycles. The second kappa shape index (κ2) is 12.1. The first-order valence-corrected chi connectivity index (χ1v) is 14.5. The molecule has 2 aliphatic heterocycles. The summed E-state index contributed by atoms with van der Waals surface area (Å²) in [4.78, 5) is 13.9. The van der Waals surface area contributed by atoms with Crippen LogP contribution < -0.4 is 5.32 Å². The molecule has 0 amide bonds. The fourth-order valence-electron chi connectivity index (χ4n) is 6.17. The predicted molar refractivity (Wildman–Crippen MR) is 156 cm³/mol. The van der Waals surface area contributed by atoms with Crippen molar-refractivity contribution in [3.63, 3.8) is 0 Å². The molecular weight excluding hydrogens is 569 g/mol. The molecule has 0 spiro atoms. The molecule has 9 heteroatoms. The van der Waals surface area contributed by atoms with Gasteiger partial charge in [0.2, 0.25) is 0 Å². The van der Waals surface area contributed by atoms with Crippen molar-refractivity contribution in [2.75, 3.05) is 6.61 Å². The van der Waals surface area contributed by atoms with Gasteiger partial charge in [0.25, 0.3) is 0 Å². The number of hydrogen-bond donors (Lipinski definition) is 1. The molecule has 4 rings (SSSR count). The fourth-order valence-corrected chi connectivity index (χ4v) is 6.51. The van der Waals surface area contributed by atoms with Gasteiger partial charge in [0.1, 0.15) is 22.8 Å². The van der Waals surface area contributed by atoms with Gasteiger partial charge in [-0.3, -0.25) is 4.79 Å². The number of nitrogens with one attached hydrogen (secondary N) is 1. The van der Waals surface area contributed by atoms with E-state index in [2.05, 4.69) is 18.0 Å². The lowest BCUT2D eigenvalue weighted by Crippen LogP contribution is -2.45. The summed E-state index contributed by atoms with van der Waals surface area (Å²) in [6, 6.07) is 9.22. The van der Waals surface area contributed by atoms with Crippen molar-refractivity contribution in [1.82, 2.24) is 5.32 Å². The molecule has 2 aromatic carbocycles. The third-order valence-corrected chi connectivity index (χ3v) is 8.81. The number of nitrogens with zero attached hydrogens (tertiary/aromatic N) is 1. The fraction of sp³-hybridized carbons (Fsp3) is 0.500. The van der Waals surface area contributed by atoms with Crippen molar-refractivity contribution < 1.29 is 23.0 Å². The van der Waals surface area contributed by atoms with Crippen LogP contribution in [0.1, 0.15) is 70.4 Å². The highest BCUT2D eigenvalue weighted by Crippen LogP contribution is 2.53. The molecule has 0 bridgehead atoms. The molecule has 2 fully saturated rings. The van der Waals surface area contributed by atoms with E-state index in [9.17, 15) is 10.1 Å². The molecule has 41 heavy (non-hydrogen) atoms. The van der Waals surface area contributed by atoms with Crippen LogP contribution in [0.15, 0.2) is 49.1 Å². The van der Waals surface area contributed by atoms with E-state index in [-0.39, 0.29) is 39.5 Å². The minimum absolute atomic E-state index is 0.0418. The maximum atomic E-state index is 15.8. The second-order valence-electron chi connectivity index (χ2n) is 12.1. The van der Waals surface area contributed by atoms with Crippen LogP contribution in [0.4, 0.5) is 8.78 Å². The highest BCUT2D eigenvalue weighted by atomic mass is 35.5. The first-order chi connectivity index (χ1) is 19.2. The molecule has 0 aliphatic carbocycles. The van der Waals surface area contributed by atoms with Crippen LogP contribution in [0.25, 0.3) is 0 Å². The smallest absolute Gasteiger partial charge is 0.163 e. The summed E-state index contributed by atoms with van der Waals surface area (Å²) in [7, 11) is 0. The molecular formula is C32H36Cl2F2N2O3. The lowest BCUT2D eigenvalue weighted by Gasteiger charge is -2.37. The largest absolute Gasteiger partial charge is 0.348 e. The van der Waals surface area contributed by atoms with Crippen molar-refractivity contribution in [2.45, 2.75) is 88.7 Å². The Hall–Kier alpha value is -2.34. The number of Topliss-reactive ketones (excluding diaryl/α,β-unsaturated/α-hetero) is 1. The van der Waals surface area contributed by atoms with E-state index >= 15 is 8.78 Å². The van der Waals surface area contributed by atoms with E-state index in [4.69, 9.17) is 32.7 Å². The highest BCUT2D eigenvalue weighted by Gasteiger charge is 2.61. The summed E-state index contributed by atoms with van der Waals surface area (Å²) in [5.41, 5.74) is -2.05. The number of carbonyl (C=O) groups excluding carboxylic acids is 1. The Kier molecular flexibility index (Phi) is 9.33. The SMILES string of the molecule is C=CC(C)(C)C[C@@H]1N[C@@H](C(=O)CCC[C@H]2COC(C)(C)O2)[C@H](c2cccc(Cl)c2F)[C@@]1(C#N)c1ccc(Cl)cc1F. The monoisotopic (exact) mass is 604 g/mol. The zero-order chi connectivity index (χ0) is 30.2. The summed E-state index contributed by atoms with van der Waals surface area (Å²) >= 11 is 12.3. The van der Waals surface area contributed by atoms with Gasteiger partial charge in [-0.05, 0) is 62.3 Å². The number of carbonyl (C=O) groups is 1. The van der Waals surface area contributed by atoms with Crippen molar-refractivity contribution in [1.29, 1.82) is 5.26 Å². The normalized spacial score (nSPS) is 27.5. The van der Waals surface area contributed by atoms with Crippen LogP contribution in [0.5, 0.6) is 0 Å². The number of rotatable bonds is 10. The number of nitriles is 1. The minimum Gasteiger partial charge on any atom is -0.348 e. The molecule has 0 radical (unpaired) electrons. The minimum atomic E-state index is -1.67. The number of benzene rings is 2. The van der Waals surface area contributed by atoms with Crippen LogP contribution in [-0.2, 0) is 19.7 Å². The molecule has 2 saturated heterocycles. The standard InChI is InChI=1S/C32H36Cl2F2N2O3/c1-6-30(2,3)16-26-32(18-37,22-14-13-19(33)15-24(22)35)27(21-10-8-11-23(34)28(21)36)29(38-26)25(39)12-7-9-20-17-40-31(4,5)41-20/h6,8,10-11,13-15,20,26-27,29,38H,1,7,9,12,16-17H2,2-5H3/t20-,26-,27-,29-,32-/m0/s1. The molecule has 2 heterocycles. The van der Waals surface area contributed by atoms with Crippen LogP contribution >= 0.6 is 23.2 Å². The number of hydrogen-bond acceptors (Lipinski definition) is 5. The van der Waals surface area contributed by atoms with Gasteiger partial charge in [-0.15, -0.1) is 6.58 Å². The average molecular weight is 606 g/mol. The summed E-state index contributed by atoms with van der Waals surface area (Å²) in [6.45, 7) is 11.9. The van der Waals surface area contributed by atoms with Gasteiger partial charge in [-0.2, -0.15) is 5.26 Å². The van der Waals surface area contributed by atoms with Gasteiger partial charge in [0.05, 0.1) is 29.8 Å². The van der Waals surface area contributed by atoms with E-state index in [1.165, 1.54) is 24.3 Å². The quantitative estimate of drug-likeness (QED) is 0.282. The van der Waals surface area contributed by atoms with E-state index < -0.39 is 46.3 Å². The van der Waals surface area contributed by atoms with Crippen LogP contribution in [0.3, 0.4) is 0 Å². The Morgan fingerprint density at radius 3 is 2.61 bits per heavy atom.